The van der Waals surface area contributed by atoms with Crippen LogP contribution in [0.2, 0.25) is 0 Å². The monoisotopic (exact) mass is 843 g/mol. The van der Waals surface area contributed by atoms with Gasteiger partial charge in [-0.3, -0.25) is 0 Å². The van der Waals surface area contributed by atoms with E-state index in [1.54, 1.807) is 13.8 Å². The minimum absolute atomic E-state index is 0.0270. The Labute approximate surface area is 366 Å². The fourth-order valence-electron chi connectivity index (χ4n) is 8.67. The molecule has 0 aliphatic heterocycles. The lowest BCUT2D eigenvalue weighted by Crippen LogP contribution is -2.35. The molecule has 10 nitrogen and oxygen atoms in total. The molecule has 1 saturated carbocycles. The lowest BCUT2D eigenvalue weighted by atomic mass is 9.61. The van der Waals surface area contributed by atoms with Crippen LogP contribution >= 0.6 is 0 Å². The Morgan fingerprint density at radius 1 is 0.450 bits per heavy atom. The van der Waals surface area contributed by atoms with Crippen LogP contribution in [0.4, 0.5) is 9.59 Å². The SMILES string of the molecule is [CH]CCCCCCC1C(CCCC[CH])CCC(CCCCCCCCCNC(=O)OCCOC(=O)C(=C)C)C1CCCCCCCCCNC(=O)OCCOC(=O)C(=C)C. The van der Waals surface area contributed by atoms with Gasteiger partial charge in [0.15, 0.2) is 0 Å². The molecule has 344 valence electrons. The molecule has 0 bridgehead atoms. The van der Waals surface area contributed by atoms with Gasteiger partial charge in [-0.25, -0.2) is 19.2 Å². The summed E-state index contributed by atoms with van der Waals surface area (Å²) < 4.78 is 20.0. The standard InChI is InChI=1S/C50H86N2O8/c1-7-9-11-18-25-31-45-43(29-23-10-8-2)33-34-44(30-24-19-14-12-16-21-27-35-51-49(55)59-39-37-57-47(53)41(3)4)46(45)32-26-20-15-13-17-22-28-36-52-50(56)60-40-38-58-48(54)42(5)6/h1-2,43-46H,3,5,7-40H2,4,6H3,(H,51,55)(H,52,56). The molecule has 0 aromatic carbocycles. The average molecular weight is 843 g/mol. The smallest absolute Gasteiger partial charge is 0.407 e. The maximum atomic E-state index is 11.9. The Morgan fingerprint density at radius 2 is 0.750 bits per heavy atom. The first-order valence-electron chi connectivity index (χ1n) is 24.0. The molecule has 1 rings (SSSR count). The van der Waals surface area contributed by atoms with E-state index in [2.05, 4.69) is 23.8 Å². The van der Waals surface area contributed by atoms with Crippen LogP contribution < -0.4 is 10.6 Å². The largest absolute Gasteiger partial charge is 0.459 e. The highest BCUT2D eigenvalue weighted by Gasteiger charge is 2.37. The second-order valence-electron chi connectivity index (χ2n) is 17.2. The highest BCUT2D eigenvalue weighted by Crippen LogP contribution is 2.47. The van der Waals surface area contributed by atoms with Gasteiger partial charge in [0.25, 0.3) is 0 Å². The second-order valence-corrected chi connectivity index (χ2v) is 17.2. The molecule has 4 radical (unpaired) electrons. The van der Waals surface area contributed by atoms with Crippen molar-refractivity contribution in [2.75, 3.05) is 39.5 Å². The van der Waals surface area contributed by atoms with Crippen molar-refractivity contribution in [1.82, 2.24) is 10.6 Å². The second kappa shape index (κ2) is 37.7. The van der Waals surface area contributed by atoms with Gasteiger partial charge in [-0.1, -0.05) is 142 Å². The molecule has 4 atom stereocenters. The highest BCUT2D eigenvalue weighted by molar-refractivity contribution is 5.87. The summed E-state index contributed by atoms with van der Waals surface area (Å²) in [7, 11) is 0. The molecule has 0 saturated heterocycles. The van der Waals surface area contributed by atoms with E-state index in [0.717, 1.165) is 75.0 Å². The molecule has 0 heterocycles. The van der Waals surface area contributed by atoms with Gasteiger partial charge >= 0.3 is 24.1 Å². The van der Waals surface area contributed by atoms with E-state index >= 15 is 0 Å². The molecule has 2 amide bonds. The third kappa shape index (κ3) is 29.3. The number of esters is 2. The van der Waals surface area contributed by atoms with Gasteiger partial charge in [-0.2, -0.15) is 0 Å². The molecule has 4 unspecified atom stereocenters. The number of ether oxygens (including phenoxy) is 4. The topological polar surface area (TPSA) is 129 Å². The van der Waals surface area contributed by atoms with Crippen molar-refractivity contribution in [3.05, 3.63) is 38.2 Å². The predicted octanol–water partition coefficient (Wildman–Crippen LogP) is 12.5. The third-order valence-corrected chi connectivity index (χ3v) is 12.0. The summed E-state index contributed by atoms with van der Waals surface area (Å²) in [6.45, 7) is 23.2. The van der Waals surface area contributed by atoms with Crippen molar-refractivity contribution in [3.63, 3.8) is 0 Å². The van der Waals surface area contributed by atoms with Crippen molar-refractivity contribution in [2.45, 2.75) is 194 Å². The number of carbonyl (C=O) groups excluding carboxylic acids is 4. The van der Waals surface area contributed by atoms with Gasteiger partial charge in [0.1, 0.15) is 26.4 Å². The van der Waals surface area contributed by atoms with Crippen molar-refractivity contribution >= 4 is 24.1 Å². The molecule has 1 aliphatic rings. The molecule has 0 spiro atoms. The summed E-state index contributed by atoms with van der Waals surface area (Å²) >= 11 is 0. The fraction of sp³-hybridized carbons (Fsp3) is 0.800. The Hall–Kier alpha value is -3.04. The molecule has 10 heteroatoms. The number of unbranched alkanes of at least 4 members (excludes halogenated alkanes) is 18. The Morgan fingerprint density at radius 3 is 1.13 bits per heavy atom. The minimum Gasteiger partial charge on any atom is -0.459 e. The molecule has 60 heavy (non-hydrogen) atoms. The Bertz CT molecular complexity index is 1160. The van der Waals surface area contributed by atoms with Crippen LogP contribution in [0.1, 0.15) is 194 Å². The summed E-state index contributed by atoms with van der Waals surface area (Å²) in [6.07, 6.45) is 33.0. The zero-order chi connectivity index (χ0) is 44.1. The summed E-state index contributed by atoms with van der Waals surface area (Å²) in [6, 6.07) is 0. The lowest BCUT2D eigenvalue weighted by Gasteiger charge is -2.44. The summed E-state index contributed by atoms with van der Waals surface area (Å²) in [5.74, 6) is 2.41. The fourth-order valence-corrected chi connectivity index (χ4v) is 8.67. The maximum absolute atomic E-state index is 11.9. The van der Waals surface area contributed by atoms with E-state index in [1.807, 2.05) is 0 Å². The molecule has 2 N–H and O–H groups in total. The number of carbonyl (C=O) groups is 4. The quantitative estimate of drug-likeness (QED) is 0.0272. The molecule has 0 aromatic heterocycles. The van der Waals surface area contributed by atoms with Gasteiger partial charge < -0.3 is 29.6 Å². The van der Waals surface area contributed by atoms with Crippen LogP contribution in [0.25, 0.3) is 0 Å². The van der Waals surface area contributed by atoms with Crippen LogP contribution in [-0.4, -0.2) is 63.6 Å². The summed E-state index contributed by atoms with van der Waals surface area (Å²) in [5.41, 5.74) is 0.644. The Kier molecular flexibility index (Phi) is 34.5. The van der Waals surface area contributed by atoms with Gasteiger partial charge in [-0.05, 0) is 103 Å². The molecule has 1 fully saturated rings. The predicted molar refractivity (Wildman–Crippen MR) is 242 cm³/mol. The molecule has 0 aromatic rings. The van der Waals surface area contributed by atoms with Gasteiger partial charge in [0.05, 0.1) is 0 Å². The van der Waals surface area contributed by atoms with Crippen LogP contribution in [0.3, 0.4) is 0 Å². The van der Waals surface area contributed by atoms with E-state index in [1.165, 1.54) is 128 Å². The first kappa shape index (κ1) is 55.0. The van der Waals surface area contributed by atoms with Crippen LogP contribution in [0, 0.1) is 37.5 Å². The normalized spacial score (nSPS) is 17.4. The average Bonchev–Trinajstić information content (AvgIpc) is 3.23. The number of rotatable bonds is 38. The van der Waals surface area contributed by atoms with Crippen molar-refractivity contribution in [1.29, 1.82) is 0 Å². The molecular formula is C50H86N2O8. The van der Waals surface area contributed by atoms with E-state index < -0.39 is 24.1 Å². The van der Waals surface area contributed by atoms with Crippen molar-refractivity contribution < 1.29 is 38.1 Å². The van der Waals surface area contributed by atoms with Crippen molar-refractivity contribution in [3.8, 4) is 0 Å². The van der Waals surface area contributed by atoms with E-state index in [0.29, 0.717) is 24.2 Å². The number of hydrogen-bond acceptors (Lipinski definition) is 8. The van der Waals surface area contributed by atoms with Crippen molar-refractivity contribution in [2.24, 2.45) is 23.7 Å². The summed E-state index contributed by atoms with van der Waals surface area (Å²) in [4.78, 5) is 46.5. The van der Waals surface area contributed by atoms with Crippen LogP contribution in [-0.2, 0) is 28.5 Å². The number of amides is 2. The Balaban J connectivity index is 2.44. The van der Waals surface area contributed by atoms with Crippen LogP contribution in [0.15, 0.2) is 24.3 Å². The number of nitrogens with one attached hydrogen (secondary N) is 2. The van der Waals surface area contributed by atoms with Gasteiger partial charge in [-0.15, -0.1) is 0 Å². The first-order chi connectivity index (χ1) is 29.1. The van der Waals surface area contributed by atoms with Crippen LogP contribution in [0.5, 0.6) is 0 Å². The van der Waals surface area contributed by atoms with Gasteiger partial charge in [0.2, 0.25) is 0 Å². The zero-order valence-electron chi connectivity index (χ0n) is 38.2. The zero-order valence-corrected chi connectivity index (χ0v) is 38.2. The highest BCUT2D eigenvalue weighted by atomic mass is 16.6. The third-order valence-electron chi connectivity index (χ3n) is 12.0. The molecule has 1 aliphatic carbocycles. The number of alkyl carbamates (subject to hydrolysis) is 2. The lowest BCUT2D eigenvalue weighted by molar-refractivity contribution is -0.140. The first-order valence-corrected chi connectivity index (χ1v) is 24.0. The molecular weight excluding hydrogens is 757 g/mol. The van der Waals surface area contributed by atoms with Gasteiger partial charge in [0, 0.05) is 24.2 Å². The summed E-state index contributed by atoms with van der Waals surface area (Å²) in [5, 5.41) is 5.56. The van der Waals surface area contributed by atoms with E-state index in [9.17, 15) is 19.2 Å². The maximum Gasteiger partial charge on any atom is 0.407 e. The van der Waals surface area contributed by atoms with E-state index in [-0.39, 0.29) is 26.4 Å². The minimum atomic E-state index is -0.481. The van der Waals surface area contributed by atoms with E-state index in [4.69, 9.17) is 32.8 Å². The number of hydrogen-bond donors (Lipinski definition) is 2.